The zero-order chi connectivity index (χ0) is 21.0. The number of hydrogen-bond donors (Lipinski definition) is 1. The van der Waals surface area contributed by atoms with Crippen molar-refractivity contribution >= 4 is 16.1 Å². The number of alkyl halides is 5. The third kappa shape index (κ3) is 3.92. The lowest BCUT2D eigenvalue weighted by atomic mass is 9.82. The van der Waals surface area contributed by atoms with E-state index >= 15 is 0 Å². The molecule has 0 amide bonds. The van der Waals surface area contributed by atoms with E-state index in [9.17, 15) is 35.2 Å². The Labute approximate surface area is 151 Å². The molecule has 1 aliphatic rings. The molecule has 1 aliphatic heterocycles. The third-order valence-electron chi connectivity index (χ3n) is 3.79. The molecule has 1 aromatic rings. The smallest absolute Gasteiger partial charge is 0.422 e. The van der Waals surface area contributed by atoms with Gasteiger partial charge in [0.1, 0.15) is 0 Å². The van der Waals surface area contributed by atoms with Gasteiger partial charge in [-0.15, -0.1) is 0 Å². The van der Waals surface area contributed by atoms with Crippen molar-refractivity contribution in [1.82, 2.24) is 0 Å². The van der Waals surface area contributed by atoms with Crippen molar-refractivity contribution in [2.24, 2.45) is 0 Å². The minimum Gasteiger partial charge on any atom is -0.428 e. The number of rotatable bonds is 4. The van der Waals surface area contributed by atoms with Gasteiger partial charge in [-0.25, -0.2) is 4.79 Å². The second-order valence-corrected chi connectivity index (χ2v) is 8.34. The molecule has 0 saturated heterocycles. The monoisotopic (exact) mass is 418 g/mol. The zero-order valence-corrected chi connectivity index (χ0v) is 15.0. The van der Waals surface area contributed by atoms with Crippen LogP contribution in [0.1, 0.15) is 48.5 Å². The Kier molecular flexibility index (Phi) is 5.08. The van der Waals surface area contributed by atoms with Gasteiger partial charge >= 0.3 is 27.5 Å². The fourth-order valence-corrected chi connectivity index (χ4v) is 3.03. The first-order valence-corrected chi connectivity index (χ1v) is 8.83. The molecule has 0 bridgehead atoms. The molecule has 12 heteroatoms. The van der Waals surface area contributed by atoms with E-state index in [-0.39, 0.29) is 16.7 Å². The molecule has 0 aliphatic carbocycles. The number of hydrogen-bond acceptors (Lipinski definition) is 5. The summed E-state index contributed by atoms with van der Waals surface area (Å²) in [5.41, 5.74) is -0.855. The maximum atomic E-state index is 13.7. The maximum Gasteiger partial charge on any atom is 0.422 e. The average molecular weight is 418 g/mol. The largest absolute Gasteiger partial charge is 0.428 e. The molecular weight excluding hydrogens is 403 g/mol. The van der Waals surface area contributed by atoms with Gasteiger partial charge in [0.2, 0.25) is 12.4 Å². The van der Waals surface area contributed by atoms with Crippen LogP contribution >= 0.6 is 0 Å². The number of halogens is 5. The van der Waals surface area contributed by atoms with Crippen molar-refractivity contribution in [2.45, 2.75) is 50.0 Å². The first kappa shape index (κ1) is 21.5. The van der Waals surface area contributed by atoms with Crippen LogP contribution in [0.2, 0.25) is 0 Å². The Morgan fingerprint density at radius 2 is 1.70 bits per heavy atom. The van der Waals surface area contributed by atoms with E-state index in [4.69, 9.17) is 4.55 Å². The summed E-state index contributed by atoms with van der Waals surface area (Å²) >= 11 is 0. The first-order chi connectivity index (χ1) is 12.0. The molecule has 0 fully saturated rings. The van der Waals surface area contributed by atoms with Gasteiger partial charge in [-0.2, -0.15) is 30.4 Å². The highest BCUT2D eigenvalue weighted by atomic mass is 32.2. The Bertz CT molecular complexity index is 856. The SMILES string of the molecule is CC(C)(C)c1cccc2c1C(OC(C(F)(F)F)C(F)(F)S(=O)(=O)O)OC2=O. The number of cyclic esters (lactones) is 1. The Hall–Kier alpha value is -1.79. The van der Waals surface area contributed by atoms with Crippen LogP contribution < -0.4 is 0 Å². The van der Waals surface area contributed by atoms with Crippen molar-refractivity contribution < 1.29 is 49.2 Å². The highest BCUT2D eigenvalue weighted by Gasteiger charge is 2.65. The molecule has 0 saturated carbocycles. The van der Waals surface area contributed by atoms with Crippen LogP contribution in [-0.2, 0) is 25.0 Å². The topological polar surface area (TPSA) is 89.9 Å². The summed E-state index contributed by atoms with van der Waals surface area (Å²) in [4.78, 5) is 11.9. The number of esters is 1. The summed E-state index contributed by atoms with van der Waals surface area (Å²) in [6.45, 7) is 4.95. The lowest BCUT2D eigenvalue weighted by Crippen LogP contribution is -2.51. The zero-order valence-electron chi connectivity index (χ0n) is 14.2. The predicted octanol–water partition coefficient (Wildman–Crippen LogP) is 3.58. The average Bonchev–Trinajstić information content (AvgIpc) is 2.78. The molecule has 2 unspecified atom stereocenters. The van der Waals surface area contributed by atoms with E-state index in [2.05, 4.69) is 9.47 Å². The lowest BCUT2D eigenvalue weighted by molar-refractivity contribution is -0.300. The fraction of sp³-hybridized carbons (Fsp3) is 0.533. The molecule has 2 atom stereocenters. The van der Waals surface area contributed by atoms with Crippen LogP contribution in [0.3, 0.4) is 0 Å². The molecule has 6 nitrogen and oxygen atoms in total. The molecule has 152 valence electrons. The minimum absolute atomic E-state index is 0.191. The van der Waals surface area contributed by atoms with Gasteiger partial charge in [-0.3, -0.25) is 4.55 Å². The molecule has 0 spiro atoms. The van der Waals surface area contributed by atoms with Gasteiger partial charge in [-0.05, 0) is 17.0 Å². The van der Waals surface area contributed by atoms with Crippen molar-refractivity contribution in [3.63, 3.8) is 0 Å². The van der Waals surface area contributed by atoms with Crippen LogP contribution in [0.5, 0.6) is 0 Å². The van der Waals surface area contributed by atoms with Crippen LogP contribution in [0, 0.1) is 0 Å². The van der Waals surface area contributed by atoms with E-state index in [0.717, 1.165) is 0 Å². The minimum atomic E-state index is -6.47. The van der Waals surface area contributed by atoms with Crippen LogP contribution in [0.15, 0.2) is 18.2 Å². The third-order valence-corrected chi connectivity index (χ3v) is 4.69. The first-order valence-electron chi connectivity index (χ1n) is 7.39. The summed E-state index contributed by atoms with van der Waals surface area (Å²) in [6, 6.07) is 4.08. The van der Waals surface area contributed by atoms with E-state index < -0.39 is 45.3 Å². The summed E-state index contributed by atoms with van der Waals surface area (Å²) in [6.07, 6.45) is -12.4. The molecule has 1 N–H and O–H groups in total. The van der Waals surface area contributed by atoms with E-state index in [1.807, 2.05) is 0 Å². The highest BCUT2D eigenvalue weighted by molar-refractivity contribution is 7.86. The van der Waals surface area contributed by atoms with E-state index in [1.165, 1.54) is 18.2 Å². The van der Waals surface area contributed by atoms with E-state index in [0.29, 0.717) is 0 Å². The highest BCUT2D eigenvalue weighted by Crippen LogP contribution is 2.45. The molecule has 2 rings (SSSR count). The van der Waals surface area contributed by atoms with E-state index in [1.54, 1.807) is 20.8 Å². The Morgan fingerprint density at radius 3 is 2.15 bits per heavy atom. The number of carbonyl (C=O) groups is 1. The van der Waals surface area contributed by atoms with Crippen molar-refractivity contribution in [2.75, 3.05) is 0 Å². The van der Waals surface area contributed by atoms with Gasteiger partial charge in [0.15, 0.2) is 0 Å². The van der Waals surface area contributed by atoms with Crippen LogP contribution in [0.25, 0.3) is 0 Å². The quantitative estimate of drug-likeness (QED) is 0.457. The lowest BCUT2D eigenvalue weighted by Gasteiger charge is -2.30. The second-order valence-electron chi connectivity index (χ2n) is 6.85. The second kappa shape index (κ2) is 6.38. The molecule has 1 aromatic carbocycles. The molecule has 1 heterocycles. The summed E-state index contributed by atoms with van der Waals surface area (Å²) in [5.74, 6) is -1.11. The van der Waals surface area contributed by atoms with Gasteiger partial charge in [-0.1, -0.05) is 32.9 Å². The summed E-state index contributed by atoms with van der Waals surface area (Å²) < 4.78 is 106. The Balaban J connectivity index is 2.57. The number of fused-ring (bicyclic) bond motifs is 1. The van der Waals surface area contributed by atoms with Crippen LogP contribution in [0.4, 0.5) is 22.0 Å². The number of benzene rings is 1. The standard InChI is InChI=1S/C15H15F5O6S/c1-13(2,3)8-6-4-5-7-9(8)11(25-10(7)21)26-12(14(16,17)18)15(19,20)27(22,23)24/h4-6,11-12H,1-3H3,(H,22,23,24). The molecular formula is C15H15F5O6S. The number of carbonyl (C=O) groups excluding carboxylic acids is 1. The van der Waals surface area contributed by atoms with Gasteiger partial charge in [0.25, 0.3) is 0 Å². The fourth-order valence-electron chi connectivity index (χ4n) is 2.57. The normalized spacial score (nSPS) is 19.6. The summed E-state index contributed by atoms with van der Waals surface area (Å²) in [7, 11) is -6.47. The van der Waals surface area contributed by atoms with Crippen LogP contribution in [-0.4, -0.2) is 36.5 Å². The predicted molar refractivity (Wildman–Crippen MR) is 80.7 cm³/mol. The Morgan fingerprint density at radius 1 is 1.15 bits per heavy atom. The van der Waals surface area contributed by atoms with Gasteiger partial charge in [0, 0.05) is 5.56 Å². The number of ether oxygens (including phenoxy) is 2. The summed E-state index contributed by atoms with van der Waals surface area (Å²) in [5, 5.41) is -5.73. The van der Waals surface area contributed by atoms with Gasteiger partial charge in [0.05, 0.1) is 5.56 Å². The van der Waals surface area contributed by atoms with Crippen molar-refractivity contribution in [3.05, 3.63) is 34.9 Å². The van der Waals surface area contributed by atoms with Crippen molar-refractivity contribution in [3.8, 4) is 0 Å². The maximum absolute atomic E-state index is 13.7. The van der Waals surface area contributed by atoms with Crippen molar-refractivity contribution in [1.29, 1.82) is 0 Å². The van der Waals surface area contributed by atoms with Gasteiger partial charge < -0.3 is 9.47 Å². The molecule has 0 radical (unpaired) electrons. The molecule has 0 aromatic heterocycles. The molecule has 27 heavy (non-hydrogen) atoms.